The number of H-pyrrole nitrogens is 1. The summed E-state index contributed by atoms with van der Waals surface area (Å²) < 4.78 is 18.0. The zero-order valence-electron chi connectivity index (χ0n) is 26.6. The summed E-state index contributed by atoms with van der Waals surface area (Å²) in [6.07, 6.45) is 8.15. The molecule has 4 aromatic heterocycles. The molecule has 0 aromatic carbocycles. The number of carbonyl (C=O) groups excluding carboxylic acids is 1. The number of aromatic hydroxyl groups is 1. The first-order chi connectivity index (χ1) is 22.5. The van der Waals surface area contributed by atoms with E-state index in [1.54, 1.807) is 21.5 Å². The second kappa shape index (κ2) is 16.6. The van der Waals surface area contributed by atoms with Crippen LogP contribution in [0.4, 0.5) is 4.79 Å². The Labute approximate surface area is 301 Å². The van der Waals surface area contributed by atoms with Crippen LogP contribution in [0, 0.1) is 0 Å². The van der Waals surface area contributed by atoms with E-state index in [4.69, 9.17) is 27.9 Å². The lowest BCUT2D eigenvalue weighted by Crippen LogP contribution is -2.39. The van der Waals surface area contributed by atoms with Gasteiger partial charge in [-0.1, -0.05) is 48.9 Å². The largest absolute Gasteiger partial charge is 0.493 e. The summed E-state index contributed by atoms with van der Waals surface area (Å²) >= 11 is 25.8. The molecule has 0 spiro atoms. The molecule has 0 radical (unpaired) electrons. The van der Waals surface area contributed by atoms with Crippen molar-refractivity contribution in [2.75, 3.05) is 13.1 Å². The van der Waals surface area contributed by atoms with Gasteiger partial charge < -0.3 is 20.1 Å². The summed E-state index contributed by atoms with van der Waals surface area (Å²) in [6.45, 7) is 7.15. The van der Waals surface area contributed by atoms with Crippen molar-refractivity contribution in [3.63, 3.8) is 0 Å². The van der Waals surface area contributed by atoms with Crippen LogP contribution in [0.2, 0.25) is 10.3 Å². The molecule has 0 saturated carbocycles. The maximum atomic E-state index is 12.6. The van der Waals surface area contributed by atoms with Crippen molar-refractivity contribution in [2.45, 2.75) is 89.8 Å². The summed E-state index contributed by atoms with van der Waals surface area (Å²) in [5, 5.41) is 20.0. The first-order valence-electron chi connectivity index (χ1n) is 15.4. The lowest BCUT2D eigenvalue weighted by atomic mass is 10.1. The van der Waals surface area contributed by atoms with E-state index in [1.807, 2.05) is 26.8 Å². The third-order valence-electron chi connectivity index (χ3n) is 7.47. The van der Waals surface area contributed by atoms with Gasteiger partial charge in [-0.25, -0.2) is 14.3 Å². The average molecular weight is 787 g/mol. The number of nitrogens with one attached hydrogen (secondary N) is 2. The van der Waals surface area contributed by atoms with E-state index in [2.05, 4.69) is 59.2 Å². The fourth-order valence-electron chi connectivity index (χ4n) is 5.50. The van der Waals surface area contributed by atoms with Crippen molar-refractivity contribution in [1.29, 1.82) is 0 Å². The molecule has 13 nitrogen and oxygen atoms in total. The number of likely N-dealkylation sites (tertiary alicyclic amines) is 1. The molecule has 0 bridgehead atoms. The van der Waals surface area contributed by atoms with Gasteiger partial charge in [0.2, 0.25) is 5.88 Å². The summed E-state index contributed by atoms with van der Waals surface area (Å²) in [7, 11) is 0. The summed E-state index contributed by atoms with van der Waals surface area (Å²) in [5.41, 5.74) is 1.75. The van der Waals surface area contributed by atoms with Gasteiger partial charge >= 0.3 is 11.3 Å². The molecule has 6 rings (SSSR count). The summed E-state index contributed by atoms with van der Waals surface area (Å²) in [4.78, 5) is 32.8. The fraction of sp³-hybridized carbons (Fsp3) is 0.552. The number of fused-ring (bicyclic) bond motifs is 2. The normalized spacial score (nSPS) is 19.0. The molecule has 2 aliphatic heterocycles. The predicted octanol–water partition coefficient (Wildman–Crippen LogP) is 8.63. The van der Waals surface area contributed by atoms with E-state index in [9.17, 15) is 19.3 Å². The van der Waals surface area contributed by atoms with Crippen LogP contribution in [0.25, 0.3) is 11.3 Å². The Bertz CT molecular complexity index is 1800. The lowest BCUT2D eigenvalue weighted by Gasteiger charge is -2.31. The minimum absolute atomic E-state index is 0.234. The summed E-state index contributed by atoms with van der Waals surface area (Å²) in [6, 6.07) is 6.38. The Morgan fingerprint density at radius 2 is 1.62 bits per heavy atom. The first kappa shape index (κ1) is 38.6. The van der Waals surface area contributed by atoms with Crippen molar-refractivity contribution in [2.24, 2.45) is 0 Å². The van der Waals surface area contributed by atoms with Gasteiger partial charge in [0.1, 0.15) is 21.6 Å². The molecule has 6 heterocycles. The molecular weight excluding hydrogens is 749 g/mol. The number of aromatic amines is 1. The molecule has 2 unspecified atom stereocenters. The zero-order valence-corrected chi connectivity index (χ0v) is 31.3. The SMILES string of the molecule is CC(C)(C)OC(=O)N1CCCCCC1c1cc2[nH]c(=O)cc(O)n2n1.Clc1cc(Cl)n2nc(C3CCCCCN3)cc2n1.O=P(Cl)(Cl)Cl. The highest BCUT2D eigenvalue weighted by Crippen LogP contribution is 2.61. The van der Waals surface area contributed by atoms with Crippen molar-refractivity contribution in [3.05, 3.63) is 56.3 Å². The highest BCUT2D eigenvalue weighted by atomic mass is 36.0. The van der Waals surface area contributed by atoms with E-state index in [0.717, 1.165) is 50.4 Å². The van der Waals surface area contributed by atoms with Gasteiger partial charge in [-0.3, -0.25) is 14.3 Å². The van der Waals surface area contributed by atoms with E-state index in [0.29, 0.717) is 39.9 Å². The Kier molecular flexibility index (Phi) is 13.4. The highest BCUT2D eigenvalue weighted by Gasteiger charge is 2.32. The number of amides is 1. The minimum atomic E-state index is -3.22. The average Bonchev–Trinajstić information content (AvgIpc) is 3.35. The second-order valence-electron chi connectivity index (χ2n) is 12.4. The van der Waals surface area contributed by atoms with Crippen LogP contribution in [-0.2, 0) is 9.30 Å². The molecule has 2 fully saturated rings. The maximum absolute atomic E-state index is 12.6. The summed E-state index contributed by atoms with van der Waals surface area (Å²) in [5.74, 6) is -0.234. The van der Waals surface area contributed by atoms with E-state index >= 15 is 0 Å². The molecule has 3 N–H and O–H groups in total. The highest BCUT2D eigenvalue weighted by molar-refractivity contribution is 8.24. The van der Waals surface area contributed by atoms with Crippen molar-refractivity contribution < 1.29 is 19.2 Å². The molecule has 2 saturated heterocycles. The fourth-order valence-corrected chi connectivity index (χ4v) is 5.97. The molecule has 0 aliphatic carbocycles. The smallest absolute Gasteiger partial charge is 0.410 e. The van der Waals surface area contributed by atoms with E-state index in [1.165, 1.54) is 23.8 Å². The van der Waals surface area contributed by atoms with Gasteiger partial charge in [0.05, 0.1) is 29.5 Å². The van der Waals surface area contributed by atoms with Crippen LogP contribution in [0.1, 0.15) is 95.6 Å². The third-order valence-corrected chi connectivity index (χ3v) is 7.93. The number of ether oxygens (including phenoxy) is 1. The Morgan fingerprint density at radius 3 is 2.33 bits per heavy atom. The predicted molar refractivity (Wildman–Crippen MR) is 189 cm³/mol. The number of halogens is 5. The van der Waals surface area contributed by atoms with Crippen LogP contribution in [0.3, 0.4) is 0 Å². The van der Waals surface area contributed by atoms with Gasteiger partial charge in [0.15, 0.2) is 5.65 Å². The number of rotatable bonds is 2. The van der Waals surface area contributed by atoms with E-state index in [-0.39, 0.29) is 18.0 Å². The van der Waals surface area contributed by atoms with Crippen molar-refractivity contribution in [3.8, 4) is 5.88 Å². The maximum Gasteiger partial charge on any atom is 0.410 e. The van der Waals surface area contributed by atoms with Crippen molar-refractivity contribution >= 4 is 79.5 Å². The number of carbonyl (C=O) groups is 1. The molecule has 2 aliphatic rings. The van der Waals surface area contributed by atoms with Gasteiger partial charge in [0.25, 0.3) is 5.56 Å². The van der Waals surface area contributed by atoms with Crippen LogP contribution in [-0.4, -0.2) is 64.0 Å². The van der Waals surface area contributed by atoms with Gasteiger partial charge in [-0.15, -0.1) is 0 Å². The Hall–Kier alpha value is -2.25. The number of aromatic nitrogens is 6. The minimum Gasteiger partial charge on any atom is -0.493 e. The quantitative estimate of drug-likeness (QED) is 0.134. The standard InChI is InChI=1S/C17H24N4O4.C12H14Cl2N4.Cl3OP/c1-17(2,3)25-16(24)20-8-6-4-5-7-12(20)11-9-13-18-14(22)10-15(23)21(13)19-11;13-10-7-11(14)18-12(16-10)6-9(17-18)8-4-2-1-3-5-15-8;1-5(2,3)4/h9-10,12,23H,4-8H2,1-3H3,(H,18,22);6-8,15H,1-5H2;. The van der Waals surface area contributed by atoms with Gasteiger partial charge in [-0.2, -0.15) is 14.7 Å². The van der Waals surface area contributed by atoms with Crippen LogP contribution < -0.4 is 10.9 Å². The first-order valence-corrected chi connectivity index (χ1v) is 20.6. The van der Waals surface area contributed by atoms with Crippen LogP contribution >= 0.6 is 62.1 Å². The zero-order chi connectivity index (χ0) is 35.2. The second-order valence-corrected chi connectivity index (χ2v) is 19.8. The molecule has 4 aromatic rings. The number of hydrogen-bond donors (Lipinski definition) is 3. The molecule has 1 amide bonds. The number of hydrogen-bond acceptors (Lipinski definition) is 9. The van der Waals surface area contributed by atoms with Crippen LogP contribution in [0.15, 0.2) is 29.1 Å². The topological polar surface area (TPSA) is 159 Å². The molecule has 264 valence electrons. The molecule has 48 heavy (non-hydrogen) atoms. The van der Waals surface area contributed by atoms with Gasteiger partial charge in [0, 0.05) is 24.7 Å². The van der Waals surface area contributed by atoms with Crippen LogP contribution in [0.5, 0.6) is 5.88 Å². The monoisotopic (exact) mass is 784 g/mol. The Balaban J connectivity index is 0.000000197. The number of nitrogens with zero attached hydrogens (tertiary/aromatic N) is 6. The molecular formula is C29H38Cl5N8O5P. The Morgan fingerprint density at radius 1 is 0.958 bits per heavy atom. The van der Waals surface area contributed by atoms with Gasteiger partial charge in [-0.05, 0) is 86.7 Å². The lowest BCUT2D eigenvalue weighted by molar-refractivity contribution is 0.0159. The molecule has 19 heteroatoms. The molecule has 2 atom stereocenters. The van der Waals surface area contributed by atoms with Crippen molar-refractivity contribution in [1.82, 2.24) is 39.4 Å². The van der Waals surface area contributed by atoms with E-state index < -0.39 is 16.4 Å². The third kappa shape index (κ3) is 11.4.